The summed E-state index contributed by atoms with van der Waals surface area (Å²) in [5.41, 5.74) is 2.35. The predicted octanol–water partition coefficient (Wildman–Crippen LogP) is 3.41. The van der Waals surface area contributed by atoms with Crippen LogP contribution >= 0.6 is 11.8 Å². The molecule has 0 radical (unpaired) electrons. The Morgan fingerprint density at radius 1 is 1.19 bits per heavy atom. The largest absolute Gasteiger partial charge is 0.463 e. The second kappa shape index (κ2) is 6.87. The minimum Gasteiger partial charge on any atom is -0.463 e. The van der Waals surface area contributed by atoms with Crippen LogP contribution in [0.25, 0.3) is 0 Å². The lowest BCUT2D eigenvalue weighted by molar-refractivity contribution is 0.0563. The summed E-state index contributed by atoms with van der Waals surface area (Å²) in [6.45, 7) is 3.78. The highest BCUT2D eigenvalue weighted by atomic mass is 32.2. The number of aromatic nitrogens is 3. The summed E-state index contributed by atoms with van der Waals surface area (Å²) in [5.74, 6) is 1.85. The van der Waals surface area contributed by atoms with Crippen LogP contribution < -0.4 is 4.90 Å². The van der Waals surface area contributed by atoms with Gasteiger partial charge in [0.2, 0.25) is 11.7 Å². The Balaban J connectivity index is 1.47. The molecule has 0 saturated carbocycles. The first-order chi connectivity index (χ1) is 12.7. The monoisotopic (exact) mass is 370 g/mol. The zero-order chi connectivity index (χ0) is 18.1. The maximum Gasteiger partial charge on any atom is 0.373 e. The van der Waals surface area contributed by atoms with Crippen LogP contribution in [0.5, 0.6) is 0 Å². The molecule has 0 bridgehead atoms. The molecule has 0 fully saturated rings. The molecule has 0 amide bonds. The molecule has 0 atom stereocenters. The normalized spacial score (nSPS) is 13.1. The van der Waals surface area contributed by atoms with Crippen molar-refractivity contribution in [3.8, 4) is 0 Å². The SMILES string of the molecule is COC(=O)c1ccc(CSc2nnc3n2CCN3c2ccc(C)cc2)o1. The molecule has 4 rings (SSSR count). The number of methoxy groups -OCH3 is 1. The molecule has 0 aliphatic carbocycles. The number of ether oxygens (including phenoxy) is 1. The van der Waals surface area contributed by atoms with E-state index in [1.165, 1.54) is 24.4 Å². The Bertz CT molecular complexity index is 932. The van der Waals surface area contributed by atoms with Crippen LogP contribution in [0.3, 0.4) is 0 Å². The van der Waals surface area contributed by atoms with Crippen LogP contribution in [-0.2, 0) is 17.0 Å². The zero-order valence-corrected chi connectivity index (χ0v) is 15.3. The predicted molar refractivity (Wildman–Crippen MR) is 97.8 cm³/mol. The van der Waals surface area contributed by atoms with Gasteiger partial charge in [-0.25, -0.2) is 4.79 Å². The maximum atomic E-state index is 11.5. The van der Waals surface area contributed by atoms with Crippen molar-refractivity contribution < 1.29 is 13.9 Å². The first-order valence-electron chi connectivity index (χ1n) is 8.23. The highest BCUT2D eigenvalue weighted by Gasteiger charge is 2.26. The van der Waals surface area contributed by atoms with Gasteiger partial charge in [-0.1, -0.05) is 29.5 Å². The van der Waals surface area contributed by atoms with Crippen molar-refractivity contribution >= 4 is 29.4 Å². The van der Waals surface area contributed by atoms with E-state index in [0.717, 1.165) is 29.9 Å². The highest BCUT2D eigenvalue weighted by molar-refractivity contribution is 7.98. The van der Waals surface area contributed by atoms with Gasteiger partial charge in [-0.2, -0.15) is 0 Å². The third kappa shape index (κ3) is 3.08. The summed E-state index contributed by atoms with van der Waals surface area (Å²) in [5, 5.41) is 9.49. The molecule has 8 heteroatoms. The van der Waals surface area contributed by atoms with Gasteiger partial charge in [0, 0.05) is 18.8 Å². The minimum absolute atomic E-state index is 0.208. The van der Waals surface area contributed by atoms with Gasteiger partial charge >= 0.3 is 5.97 Å². The molecule has 0 unspecified atom stereocenters. The van der Waals surface area contributed by atoms with Crippen molar-refractivity contribution in [1.29, 1.82) is 0 Å². The number of benzene rings is 1. The van der Waals surface area contributed by atoms with Gasteiger partial charge in [0.25, 0.3) is 0 Å². The molecule has 2 aromatic heterocycles. The Labute approximate surface area is 155 Å². The molecule has 1 aliphatic rings. The molecular formula is C18H18N4O3S. The zero-order valence-electron chi connectivity index (χ0n) is 14.5. The van der Waals surface area contributed by atoms with Gasteiger partial charge in [0.05, 0.1) is 12.9 Å². The van der Waals surface area contributed by atoms with Gasteiger partial charge in [-0.15, -0.1) is 10.2 Å². The van der Waals surface area contributed by atoms with Crippen molar-refractivity contribution in [2.45, 2.75) is 24.4 Å². The van der Waals surface area contributed by atoms with Crippen LogP contribution in [0.15, 0.2) is 46.0 Å². The number of esters is 1. The average molecular weight is 370 g/mol. The van der Waals surface area contributed by atoms with E-state index in [1.54, 1.807) is 12.1 Å². The van der Waals surface area contributed by atoms with Crippen molar-refractivity contribution in [3.05, 3.63) is 53.5 Å². The maximum absolute atomic E-state index is 11.5. The average Bonchev–Trinajstić information content (AvgIpc) is 3.37. The number of aryl methyl sites for hydroxylation is 1. The minimum atomic E-state index is -0.474. The molecule has 0 saturated heterocycles. The van der Waals surface area contributed by atoms with Crippen LogP contribution in [0.2, 0.25) is 0 Å². The number of carbonyl (C=O) groups is 1. The van der Waals surface area contributed by atoms with Gasteiger partial charge in [-0.05, 0) is 31.2 Å². The Hall–Kier alpha value is -2.74. The molecular weight excluding hydrogens is 352 g/mol. The number of hydrogen-bond donors (Lipinski definition) is 0. The van der Waals surface area contributed by atoms with Crippen molar-refractivity contribution in [2.75, 3.05) is 18.6 Å². The fourth-order valence-corrected chi connectivity index (χ4v) is 3.71. The fourth-order valence-electron chi connectivity index (χ4n) is 2.85. The first-order valence-corrected chi connectivity index (χ1v) is 9.21. The van der Waals surface area contributed by atoms with Crippen LogP contribution in [0.4, 0.5) is 11.6 Å². The van der Waals surface area contributed by atoms with Gasteiger partial charge in [0.15, 0.2) is 5.16 Å². The Morgan fingerprint density at radius 2 is 2.00 bits per heavy atom. The van der Waals surface area contributed by atoms with E-state index in [-0.39, 0.29) is 5.76 Å². The molecule has 3 heterocycles. The summed E-state index contributed by atoms with van der Waals surface area (Å²) >= 11 is 1.53. The molecule has 1 aromatic carbocycles. The summed E-state index contributed by atoms with van der Waals surface area (Å²) in [6, 6.07) is 11.8. The van der Waals surface area contributed by atoms with E-state index in [0.29, 0.717) is 11.5 Å². The van der Waals surface area contributed by atoms with Gasteiger partial charge in [0.1, 0.15) is 5.76 Å². The summed E-state index contributed by atoms with van der Waals surface area (Å²) in [7, 11) is 1.33. The van der Waals surface area contributed by atoms with E-state index >= 15 is 0 Å². The smallest absolute Gasteiger partial charge is 0.373 e. The van der Waals surface area contributed by atoms with E-state index in [9.17, 15) is 4.79 Å². The Morgan fingerprint density at radius 3 is 2.77 bits per heavy atom. The van der Waals surface area contributed by atoms with Crippen molar-refractivity contribution in [3.63, 3.8) is 0 Å². The molecule has 3 aromatic rings. The van der Waals surface area contributed by atoms with Gasteiger partial charge < -0.3 is 14.1 Å². The number of hydrogen-bond acceptors (Lipinski definition) is 7. The summed E-state index contributed by atoms with van der Waals surface area (Å²) in [6.07, 6.45) is 0. The second-order valence-electron chi connectivity index (χ2n) is 5.97. The first kappa shape index (κ1) is 16.7. The van der Waals surface area contributed by atoms with Crippen LogP contribution in [0, 0.1) is 6.92 Å². The standard InChI is InChI=1S/C18H18N4O3S/c1-12-3-5-13(6-4-12)21-9-10-22-17(21)19-20-18(22)26-11-14-7-8-15(25-14)16(23)24-2/h3-8H,9-11H2,1-2H3. The lowest BCUT2D eigenvalue weighted by Crippen LogP contribution is -2.14. The third-order valence-corrected chi connectivity index (χ3v) is 5.21. The van der Waals surface area contributed by atoms with Crippen molar-refractivity contribution in [2.24, 2.45) is 0 Å². The lowest BCUT2D eigenvalue weighted by Gasteiger charge is -2.15. The van der Waals surface area contributed by atoms with Gasteiger partial charge in [-0.3, -0.25) is 4.57 Å². The van der Waals surface area contributed by atoms with Crippen LogP contribution in [-0.4, -0.2) is 34.4 Å². The lowest BCUT2D eigenvalue weighted by atomic mass is 10.2. The molecule has 1 aliphatic heterocycles. The topological polar surface area (TPSA) is 73.4 Å². The van der Waals surface area contributed by atoms with Crippen LogP contribution in [0.1, 0.15) is 21.9 Å². The quantitative estimate of drug-likeness (QED) is 0.503. The number of anilines is 2. The number of nitrogens with zero attached hydrogens (tertiary/aromatic N) is 4. The second-order valence-corrected chi connectivity index (χ2v) is 6.91. The molecule has 0 spiro atoms. The molecule has 134 valence electrons. The van der Waals surface area contributed by atoms with E-state index in [2.05, 4.69) is 55.6 Å². The van der Waals surface area contributed by atoms with Crippen molar-refractivity contribution in [1.82, 2.24) is 14.8 Å². The highest BCUT2D eigenvalue weighted by Crippen LogP contribution is 2.33. The summed E-state index contributed by atoms with van der Waals surface area (Å²) < 4.78 is 12.2. The number of thioether (sulfide) groups is 1. The molecule has 7 nitrogen and oxygen atoms in total. The van der Waals surface area contributed by atoms with E-state index < -0.39 is 5.97 Å². The number of fused-ring (bicyclic) bond motifs is 1. The number of carbonyl (C=O) groups excluding carboxylic acids is 1. The molecule has 0 N–H and O–H groups in total. The van der Waals surface area contributed by atoms with E-state index in [4.69, 9.17) is 4.42 Å². The number of rotatable bonds is 5. The fraction of sp³-hybridized carbons (Fsp3) is 0.278. The summed E-state index contributed by atoms with van der Waals surface area (Å²) in [4.78, 5) is 13.6. The molecule has 26 heavy (non-hydrogen) atoms. The van der Waals surface area contributed by atoms with E-state index in [1.807, 2.05) is 0 Å². The third-order valence-electron chi connectivity index (χ3n) is 4.22. The number of furan rings is 1. The Kier molecular flexibility index (Phi) is 4.42.